The van der Waals surface area contributed by atoms with Crippen LogP contribution in [-0.4, -0.2) is 41.8 Å². The summed E-state index contributed by atoms with van der Waals surface area (Å²) in [6.07, 6.45) is 5.78. The summed E-state index contributed by atoms with van der Waals surface area (Å²) in [7, 11) is 0. The molecule has 3 N–H and O–H groups in total. The van der Waals surface area contributed by atoms with Crippen LogP contribution in [0.25, 0.3) is 0 Å². The van der Waals surface area contributed by atoms with Crippen LogP contribution in [0.5, 0.6) is 0 Å². The molecule has 1 heterocycles. The lowest BCUT2D eigenvalue weighted by Gasteiger charge is -2.20. The third kappa shape index (κ3) is 3.95. The first kappa shape index (κ1) is 12.0. The molecule has 0 aliphatic carbocycles. The van der Waals surface area contributed by atoms with E-state index in [0.29, 0.717) is 6.04 Å². The number of hydrogen-bond acceptors (Lipinski definition) is 3. The van der Waals surface area contributed by atoms with Gasteiger partial charge < -0.3 is 10.8 Å². The van der Waals surface area contributed by atoms with Gasteiger partial charge in [0, 0.05) is 12.6 Å². The highest BCUT2D eigenvalue weighted by Gasteiger charge is 2.26. The van der Waals surface area contributed by atoms with Gasteiger partial charge in [-0.05, 0) is 39.3 Å². The molecule has 14 heavy (non-hydrogen) atoms. The maximum Gasteiger partial charge on any atom is 0.0682 e. The number of aliphatic hydroxyl groups is 1. The van der Waals surface area contributed by atoms with E-state index in [2.05, 4.69) is 11.8 Å². The van der Waals surface area contributed by atoms with E-state index < -0.39 is 0 Å². The van der Waals surface area contributed by atoms with Gasteiger partial charge in [0.1, 0.15) is 0 Å². The Morgan fingerprint density at radius 2 is 2.00 bits per heavy atom. The van der Waals surface area contributed by atoms with E-state index in [9.17, 15) is 5.11 Å². The number of unbranched alkanes of at least 4 members (excludes halogenated alkanes) is 3. The number of likely N-dealkylation sites (tertiary alicyclic amines) is 1. The van der Waals surface area contributed by atoms with Crippen LogP contribution in [0, 0.1) is 0 Å². The summed E-state index contributed by atoms with van der Waals surface area (Å²) < 4.78 is 0. The normalized spacial score (nSPS) is 28.5. The summed E-state index contributed by atoms with van der Waals surface area (Å²) in [5, 5.41) is 9.45. The van der Waals surface area contributed by atoms with Crippen molar-refractivity contribution in [1.29, 1.82) is 0 Å². The standard InChI is InChI=1S/C11H24N2O/c1-10-8-11(14)9-13(10)7-5-3-2-4-6-12/h10-11,14H,2-9,12H2,1H3/t10-,11-/m1/s1. The van der Waals surface area contributed by atoms with Gasteiger partial charge in [0.25, 0.3) is 0 Å². The Bertz CT molecular complexity index is 152. The van der Waals surface area contributed by atoms with Gasteiger partial charge >= 0.3 is 0 Å². The van der Waals surface area contributed by atoms with Gasteiger partial charge in [0.05, 0.1) is 6.10 Å². The van der Waals surface area contributed by atoms with Crippen molar-refractivity contribution in [2.75, 3.05) is 19.6 Å². The highest BCUT2D eigenvalue weighted by Crippen LogP contribution is 2.17. The molecule has 0 unspecified atom stereocenters. The monoisotopic (exact) mass is 200 g/mol. The Labute approximate surface area is 87.3 Å². The van der Waals surface area contributed by atoms with Crippen molar-refractivity contribution in [2.24, 2.45) is 5.73 Å². The molecule has 0 amide bonds. The Hall–Kier alpha value is -0.120. The Morgan fingerprint density at radius 1 is 1.29 bits per heavy atom. The molecule has 0 aromatic rings. The molecule has 0 radical (unpaired) electrons. The maximum atomic E-state index is 9.45. The van der Waals surface area contributed by atoms with Crippen LogP contribution >= 0.6 is 0 Å². The number of aliphatic hydroxyl groups excluding tert-OH is 1. The van der Waals surface area contributed by atoms with Crippen LogP contribution in [0.3, 0.4) is 0 Å². The van der Waals surface area contributed by atoms with Gasteiger partial charge in [-0.3, -0.25) is 4.90 Å². The molecule has 0 bridgehead atoms. The van der Waals surface area contributed by atoms with E-state index in [1.807, 2.05) is 0 Å². The second-order valence-corrected chi connectivity index (χ2v) is 4.44. The van der Waals surface area contributed by atoms with Crippen LogP contribution < -0.4 is 5.73 Å². The van der Waals surface area contributed by atoms with Crippen LogP contribution in [0.4, 0.5) is 0 Å². The molecule has 0 aromatic carbocycles. The molecular weight excluding hydrogens is 176 g/mol. The minimum atomic E-state index is -0.0889. The molecule has 0 aromatic heterocycles. The van der Waals surface area contributed by atoms with Gasteiger partial charge in [0.15, 0.2) is 0 Å². The zero-order valence-electron chi connectivity index (χ0n) is 9.28. The van der Waals surface area contributed by atoms with Crippen molar-refractivity contribution in [3.63, 3.8) is 0 Å². The summed E-state index contributed by atoms with van der Waals surface area (Å²) in [6.45, 7) is 5.04. The van der Waals surface area contributed by atoms with Gasteiger partial charge in [-0.2, -0.15) is 0 Å². The number of nitrogens with two attached hydrogens (primary N) is 1. The fourth-order valence-corrected chi connectivity index (χ4v) is 2.19. The largest absolute Gasteiger partial charge is 0.392 e. The summed E-state index contributed by atoms with van der Waals surface area (Å²) in [5.74, 6) is 0. The first-order chi connectivity index (χ1) is 6.74. The van der Waals surface area contributed by atoms with Crippen molar-refractivity contribution >= 4 is 0 Å². The summed E-state index contributed by atoms with van der Waals surface area (Å²) in [4.78, 5) is 2.40. The second-order valence-electron chi connectivity index (χ2n) is 4.44. The van der Waals surface area contributed by atoms with Crippen molar-refractivity contribution in [2.45, 2.75) is 51.2 Å². The fraction of sp³-hybridized carbons (Fsp3) is 1.00. The molecule has 1 rings (SSSR count). The van der Waals surface area contributed by atoms with Gasteiger partial charge in [0.2, 0.25) is 0 Å². The predicted octanol–water partition coefficient (Wildman–Crippen LogP) is 0.961. The number of β-amino-alcohol motifs (C(OH)–C–C–N with tert-alkyl or cyclic N) is 1. The highest BCUT2D eigenvalue weighted by atomic mass is 16.3. The molecule has 3 nitrogen and oxygen atoms in total. The maximum absolute atomic E-state index is 9.45. The average molecular weight is 200 g/mol. The minimum Gasteiger partial charge on any atom is -0.392 e. The van der Waals surface area contributed by atoms with Gasteiger partial charge in [-0.25, -0.2) is 0 Å². The van der Waals surface area contributed by atoms with Crippen LogP contribution in [0.15, 0.2) is 0 Å². The molecular formula is C11H24N2O. The van der Waals surface area contributed by atoms with E-state index in [4.69, 9.17) is 5.73 Å². The van der Waals surface area contributed by atoms with E-state index in [0.717, 1.165) is 32.5 Å². The lowest BCUT2D eigenvalue weighted by molar-refractivity contribution is 0.174. The molecule has 3 heteroatoms. The Kier molecular flexibility index (Phi) is 5.45. The summed E-state index contributed by atoms with van der Waals surface area (Å²) >= 11 is 0. The van der Waals surface area contributed by atoms with Crippen LogP contribution in [-0.2, 0) is 0 Å². The first-order valence-electron chi connectivity index (χ1n) is 5.86. The number of nitrogens with zero attached hydrogens (tertiary/aromatic N) is 1. The molecule has 0 spiro atoms. The zero-order chi connectivity index (χ0) is 10.4. The van der Waals surface area contributed by atoms with Crippen LogP contribution in [0.2, 0.25) is 0 Å². The van der Waals surface area contributed by atoms with Crippen molar-refractivity contribution < 1.29 is 5.11 Å². The lowest BCUT2D eigenvalue weighted by atomic mass is 10.2. The van der Waals surface area contributed by atoms with E-state index in [1.54, 1.807) is 0 Å². The first-order valence-corrected chi connectivity index (χ1v) is 5.86. The second kappa shape index (κ2) is 6.38. The zero-order valence-corrected chi connectivity index (χ0v) is 9.28. The molecule has 2 atom stereocenters. The quantitative estimate of drug-likeness (QED) is 0.628. The predicted molar refractivity (Wildman–Crippen MR) is 59.2 cm³/mol. The number of rotatable bonds is 6. The van der Waals surface area contributed by atoms with Crippen molar-refractivity contribution in [3.8, 4) is 0 Å². The SMILES string of the molecule is C[C@@H]1C[C@@H](O)CN1CCCCCCN. The van der Waals surface area contributed by atoms with Crippen LogP contribution in [0.1, 0.15) is 39.0 Å². The summed E-state index contributed by atoms with van der Waals surface area (Å²) in [6, 6.07) is 0.569. The molecule has 1 aliphatic heterocycles. The average Bonchev–Trinajstić information content (AvgIpc) is 2.45. The van der Waals surface area contributed by atoms with Crippen molar-refractivity contribution in [3.05, 3.63) is 0 Å². The summed E-state index contributed by atoms with van der Waals surface area (Å²) in [5.41, 5.74) is 5.43. The topological polar surface area (TPSA) is 49.5 Å². The fourth-order valence-electron chi connectivity index (χ4n) is 2.19. The molecule has 1 aliphatic rings. The van der Waals surface area contributed by atoms with Gasteiger partial charge in [-0.15, -0.1) is 0 Å². The van der Waals surface area contributed by atoms with E-state index in [-0.39, 0.29) is 6.10 Å². The molecule has 1 saturated heterocycles. The van der Waals surface area contributed by atoms with E-state index in [1.165, 1.54) is 19.3 Å². The molecule has 1 fully saturated rings. The Balaban J connectivity index is 2.01. The van der Waals surface area contributed by atoms with E-state index >= 15 is 0 Å². The van der Waals surface area contributed by atoms with Gasteiger partial charge in [-0.1, -0.05) is 12.8 Å². The Morgan fingerprint density at radius 3 is 2.57 bits per heavy atom. The van der Waals surface area contributed by atoms with Crippen molar-refractivity contribution in [1.82, 2.24) is 4.90 Å². The number of hydrogen-bond donors (Lipinski definition) is 2. The molecule has 0 saturated carbocycles. The lowest BCUT2D eigenvalue weighted by Crippen LogP contribution is -2.28. The highest BCUT2D eigenvalue weighted by molar-refractivity contribution is 4.81. The smallest absolute Gasteiger partial charge is 0.0682 e. The molecule has 84 valence electrons. The minimum absolute atomic E-state index is 0.0889. The third-order valence-electron chi connectivity index (χ3n) is 3.08. The third-order valence-corrected chi connectivity index (χ3v) is 3.08.